The van der Waals surface area contributed by atoms with Crippen molar-refractivity contribution in [1.82, 2.24) is 25.3 Å². The lowest BCUT2D eigenvalue weighted by atomic mass is 9.88. The van der Waals surface area contributed by atoms with Crippen LogP contribution in [0.4, 0.5) is 0 Å². The van der Waals surface area contributed by atoms with E-state index >= 15 is 0 Å². The number of nitrogens with one attached hydrogen (secondary N) is 2. The fraction of sp³-hybridized carbons (Fsp3) is 0.909. The third-order valence-corrected chi connectivity index (χ3v) is 7.04. The van der Waals surface area contributed by atoms with E-state index in [9.17, 15) is 4.79 Å². The number of piperazine rings is 1. The summed E-state index contributed by atoms with van der Waals surface area (Å²) >= 11 is 0. The van der Waals surface area contributed by atoms with Gasteiger partial charge in [-0.2, -0.15) is 0 Å². The zero-order valence-corrected chi connectivity index (χ0v) is 21.4. The molecule has 4 aliphatic rings. The van der Waals surface area contributed by atoms with Gasteiger partial charge < -0.3 is 20.3 Å². The molecule has 0 radical (unpaired) electrons. The Morgan fingerprint density at radius 1 is 1.06 bits per heavy atom. The van der Waals surface area contributed by atoms with Crippen molar-refractivity contribution >= 4 is 35.8 Å². The van der Waals surface area contributed by atoms with Crippen LogP contribution < -0.4 is 10.6 Å². The molecule has 2 N–H and O–H groups in total. The van der Waals surface area contributed by atoms with E-state index in [0.717, 1.165) is 84.1 Å². The maximum atomic E-state index is 12.1. The van der Waals surface area contributed by atoms with Gasteiger partial charge in [0, 0.05) is 57.5 Å². The summed E-state index contributed by atoms with van der Waals surface area (Å²) in [6, 6.07) is 0.444. The van der Waals surface area contributed by atoms with Crippen molar-refractivity contribution < 1.29 is 9.53 Å². The second kappa shape index (κ2) is 12.0. The van der Waals surface area contributed by atoms with Crippen LogP contribution in [0.2, 0.25) is 0 Å². The SMILES string of the molecule is CCNC(=NCC1(N2CCCC2)CCOCC1)N1CCN(CC(=O)NC2CC2)CC1.I. The molecule has 4 rings (SSSR count). The van der Waals surface area contributed by atoms with Crippen LogP contribution in [-0.4, -0.2) is 110 Å². The predicted molar refractivity (Wildman–Crippen MR) is 134 cm³/mol. The van der Waals surface area contributed by atoms with E-state index < -0.39 is 0 Å². The number of hydrogen-bond acceptors (Lipinski definition) is 5. The Hall–Kier alpha value is -0.650. The maximum Gasteiger partial charge on any atom is 0.234 e. The molecule has 0 aromatic heterocycles. The molecule has 3 saturated heterocycles. The molecule has 3 aliphatic heterocycles. The summed E-state index contributed by atoms with van der Waals surface area (Å²) in [6.45, 7) is 12.2. The summed E-state index contributed by atoms with van der Waals surface area (Å²) in [6.07, 6.45) is 7.07. The van der Waals surface area contributed by atoms with Crippen LogP contribution in [0.15, 0.2) is 4.99 Å². The highest BCUT2D eigenvalue weighted by atomic mass is 127. The lowest BCUT2D eigenvalue weighted by Crippen LogP contribution is -2.56. The molecule has 1 aliphatic carbocycles. The van der Waals surface area contributed by atoms with Gasteiger partial charge in [0.25, 0.3) is 0 Å². The Labute approximate surface area is 204 Å². The summed E-state index contributed by atoms with van der Waals surface area (Å²) in [4.78, 5) is 24.6. The fourth-order valence-corrected chi connectivity index (χ4v) is 4.99. The van der Waals surface area contributed by atoms with Gasteiger partial charge in [0.15, 0.2) is 5.96 Å². The molecule has 1 saturated carbocycles. The lowest BCUT2D eigenvalue weighted by molar-refractivity contribution is -0.122. The first kappa shape index (κ1) is 25.0. The van der Waals surface area contributed by atoms with Gasteiger partial charge in [-0.1, -0.05) is 0 Å². The molecule has 0 unspecified atom stereocenters. The number of ether oxygens (including phenoxy) is 1. The molecule has 0 spiro atoms. The van der Waals surface area contributed by atoms with Gasteiger partial charge in [0.05, 0.1) is 13.1 Å². The van der Waals surface area contributed by atoms with Gasteiger partial charge in [0.1, 0.15) is 0 Å². The van der Waals surface area contributed by atoms with Gasteiger partial charge in [-0.15, -0.1) is 24.0 Å². The summed E-state index contributed by atoms with van der Waals surface area (Å²) in [5.74, 6) is 1.21. The highest BCUT2D eigenvalue weighted by Crippen LogP contribution is 2.31. The molecule has 178 valence electrons. The Morgan fingerprint density at radius 2 is 1.74 bits per heavy atom. The van der Waals surface area contributed by atoms with E-state index in [-0.39, 0.29) is 35.4 Å². The number of aliphatic imine (C=N–C) groups is 1. The van der Waals surface area contributed by atoms with Crippen LogP contribution >= 0.6 is 24.0 Å². The molecule has 31 heavy (non-hydrogen) atoms. The number of likely N-dealkylation sites (tertiary alicyclic amines) is 1. The van der Waals surface area contributed by atoms with Crippen LogP contribution in [0.25, 0.3) is 0 Å². The van der Waals surface area contributed by atoms with Crippen LogP contribution in [0.1, 0.15) is 45.4 Å². The number of carbonyl (C=O) groups excluding carboxylic acids is 1. The second-order valence-electron chi connectivity index (χ2n) is 9.31. The molecule has 0 aromatic rings. The Balaban J connectivity index is 0.00000272. The molecule has 0 atom stereocenters. The third-order valence-electron chi connectivity index (χ3n) is 7.04. The van der Waals surface area contributed by atoms with Crippen molar-refractivity contribution in [2.24, 2.45) is 4.99 Å². The molecule has 9 heteroatoms. The molecule has 1 amide bonds. The third kappa shape index (κ3) is 6.91. The highest BCUT2D eigenvalue weighted by Gasteiger charge is 2.39. The van der Waals surface area contributed by atoms with Crippen molar-refractivity contribution in [2.75, 3.05) is 72.1 Å². The molecule has 0 bridgehead atoms. The molecule has 0 aromatic carbocycles. The quantitative estimate of drug-likeness (QED) is 0.282. The van der Waals surface area contributed by atoms with Gasteiger partial charge in [0.2, 0.25) is 5.91 Å². The van der Waals surface area contributed by atoms with Gasteiger partial charge in [-0.25, -0.2) is 0 Å². The van der Waals surface area contributed by atoms with Crippen molar-refractivity contribution in [3.05, 3.63) is 0 Å². The second-order valence-corrected chi connectivity index (χ2v) is 9.31. The smallest absolute Gasteiger partial charge is 0.234 e. The minimum absolute atomic E-state index is 0. The minimum Gasteiger partial charge on any atom is -0.381 e. The molecule has 4 fully saturated rings. The van der Waals surface area contributed by atoms with Crippen LogP contribution in [-0.2, 0) is 9.53 Å². The van der Waals surface area contributed by atoms with Gasteiger partial charge in [-0.05, 0) is 58.5 Å². The monoisotopic (exact) mass is 548 g/mol. The lowest BCUT2D eigenvalue weighted by Gasteiger charge is -2.44. The number of rotatable bonds is 7. The van der Waals surface area contributed by atoms with Crippen molar-refractivity contribution in [1.29, 1.82) is 0 Å². The largest absolute Gasteiger partial charge is 0.381 e. The standard InChI is InChI=1S/C22H40N6O2.HI/c1-2-23-21(24-18-22(7-15-30-16-8-22)28-9-3-4-10-28)27-13-11-26(12-14-27)17-20(29)25-19-5-6-19;/h19H,2-18H2,1H3,(H,23,24)(H,25,29);1H. The summed E-state index contributed by atoms with van der Waals surface area (Å²) < 4.78 is 5.69. The van der Waals surface area contributed by atoms with Crippen molar-refractivity contribution in [3.8, 4) is 0 Å². The summed E-state index contributed by atoms with van der Waals surface area (Å²) in [5, 5.41) is 6.62. The van der Waals surface area contributed by atoms with E-state index in [2.05, 4.69) is 32.3 Å². The zero-order chi connectivity index (χ0) is 20.8. The summed E-state index contributed by atoms with van der Waals surface area (Å²) in [5.41, 5.74) is 0.165. The van der Waals surface area contributed by atoms with Crippen LogP contribution in [0, 0.1) is 0 Å². The molecule has 3 heterocycles. The van der Waals surface area contributed by atoms with E-state index in [1.54, 1.807) is 0 Å². The summed E-state index contributed by atoms with van der Waals surface area (Å²) in [7, 11) is 0. The Morgan fingerprint density at radius 3 is 2.35 bits per heavy atom. The number of hydrogen-bond donors (Lipinski definition) is 2. The van der Waals surface area contributed by atoms with Gasteiger partial charge in [-0.3, -0.25) is 19.6 Å². The first-order valence-corrected chi connectivity index (χ1v) is 12.1. The number of carbonyl (C=O) groups is 1. The fourth-order valence-electron chi connectivity index (χ4n) is 4.99. The maximum absolute atomic E-state index is 12.1. The van der Waals surface area contributed by atoms with E-state index in [4.69, 9.17) is 9.73 Å². The Bertz CT molecular complexity index is 595. The van der Waals surface area contributed by atoms with Crippen molar-refractivity contribution in [2.45, 2.75) is 57.0 Å². The number of nitrogens with zero attached hydrogens (tertiary/aromatic N) is 4. The van der Waals surface area contributed by atoms with E-state index in [1.807, 2.05) is 0 Å². The first-order valence-electron chi connectivity index (χ1n) is 12.1. The van der Waals surface area contributed by atoms with E-state index in [0.29, 0.717) is 12.6 Å². The number of amides is 1. The number of halogens is 1. The van der Waals surface area contributed by atoms with Crippen LogP contribution in [0.5, 0.6) is 0 Å². The van der Waals surface area contributed by atoms with Gasteiger partial charge >= 0.3 is 0 Å². The normalized spacial score (nSPS) is 25.2. The van der Waals surface area contributed by atoms with Crippen molar-refractivity contribution in [3.63, 3.8) is 0 Å². The van der Waals surface area contributed by atoms with Crippen LogP contribution in [0.3, 0.4) is 0 Å². The molecular formula is C22H41IN6O2. The predicted octanol–water partition coefficient (Wildman–Crippen LogP) is 1.11. The molecule has 8 nitrogen and oxygen atoms in total. The number of guanidine groups is 1. The topological polar surface area (TPSA) is 72.4 Å². The van der Waals surface area contributed by atoms with E-state index in [1.165, 1.54) is 25.9 Å². The average molecular weight is 549 g/mol. The highest BCUT2D eigenvalue weighted by molar-refractivity contribution is 14.0. The Kier molecular flexibility index (Phi) is 9.66. The minimum atomic E-state index is 0. The molecular weight excluding hydrogens is 507 g/mol. The average Bonchev–Trinajstić information content (AvgIpc) is 3.39. The zero-order valence-electron chi connectivity index (χ0n) is 19.1. The first-order chi connectivity index (χ1) is 14.7.